The van der Waals surface area contributed by atoms with Crippen LogP contribution in [0.5, 0.6) is 0 Å². The van der Waals surface area contributed by atoms with Gasteiger partial charge in [0, 0.05) is 66.7 Å². The molecular formula is C30H29ClFN5O2. The van der Waals surface area contributed by atoms with E-state index in [9.17, 15) is 9.59 Å². The van der Waals surface area contributed by atoms with Gasteiger partial charge in [0.1, 0.15) is 17.2 Å². The lowest BCUT2D eigenvalue weighted by atomic mass is 9.99. The topological polar surface area (TPSA) is 70.8 Å². The molecule has 0 unspecified atom stereocenters. The quantitative estimate of drug-likeness (QED) is 0.260. The summed E-state index contributed by atoms with van der Waals surface area (Å²) in [7, 11) is 0. The SMILES string of the molecule is C=Cc1cc(F)c(-c2ncccc2-c2ccc3ncc(C(=O)N(CC)CCCN4CCCC4=O)n3c2)cc1Cl. The molecule has 1 aromatic carbocycles. The van der Waals surface area contributed by atoms with Gasteiger partial charge in [-0.1, -0.05) is 30.3 Å². The number of carbonyl (C=O) groups is 2. The first kappa shape index (κ1) is 26.6. The smallest absolute Gasteiger partial charge is 0.272 e. The Morgan fingerprint density at radius 1 is 1.23 bits per heavy atom. The minimum Gasteiger partial charge on any atom is -0.343 e. The average Bonchev–Trinajstić information content (AvgIpc) is 3.57. The van der Waals surface area contributed by atoms with Crippen molar-refractivity contribution in [1.82, 2.24) is 24.2 Å². The molecule has 1 fully saturated rings. The van der Waals surface area contributed by atoms with Crippen LogP contribution in [0.1, 0.15) is 42.2 Å². The van der Waals surface area contributed by atoms with Crippen LogP contribution < -0.4 is 0 Å². The predicted molar refractivity (Wildman–Crippen MR) is 151 cm³/mol. The molecule has 200 valence electrons. The first-order chi connectivity index (χ1) is 18.9. The van der Waals surface area contributed by atoms with E-state index >= 15 is 4.39 Å². The van der Waals surface area contributed by atoms with Gasteiger partial charge in [-0.15, -0.1) is 0 Å². The molecule has 1 aliphatic rings. The van der Waals surface area contributed by atoms with Crippen molar-refractivity contribution in [3.8, 4) is 22.4 Å². The van der Waals surface area contributed by atoms with E-state index in [0.717, 1.165) is 18.5 Å². The Hall–Kier alpha value is -4.04. The monoisotopic (exact) mass is 545 g/mol. The van der Waals surface area contributed by atoms with Gasteiger partial charge < -0.3 is 9.80 Å². The van der Waals surface area contributed by atoms with E-state index in [0.29, 0.717) is 65.7 Å². The molecule has 1 saturated heterocycles. The van der Waals surface area contributed by atoms with Crippen LogP contribution >= 0.6 is 11.6 Å². The van der Waals surface area contributed by atoms with E-state index in [1.54, 1.807) is 33.8 Å². The number of hydrogen-bond acceptors (Lipinski definition) is 4. The highest BCUT2D eigenvalue weighted by Crippen LogP contribution is 2.35. The molecule has 5 rings (SSSR count). The Bertz CT molecular complexity index is 1570. The van der Waals surface area contributed by atoms with Crippen LogP contribution in [0.25, 0.3) is 34.1 Å². The number of benzene rings is 1. The number of aromatic nitrogens is 3. The fraction of sp³-hybridized carbons (Fsp3) is 0.267. The summed E-state index contributed by atoms with van der Waals surface area (Å²) in [5.74, 6) is -0.408. The maximum atomic E-state index is 15.1. The highest BCUT2D eigenvalue weighted by molar-refractivity contribution is 6.32. The third-order valence-corrected chi connectivity index (χ3v) is 7.43. The van der Waals surface area contributed by atoms with Gasteiger partial charge >= 0.3 is 0 Å². The fourth-order valence-corrected chi connectivity index (χ4v) is 5.25. The fourth-order valence-electron chi connectivity index (χ4n) is 5.01. The van der Waals surface area contributed by atoms with Crippen LogP contribution in [-0.4, -0.2) is 62.2 Å². The molecular weight excluding hydrogens is 517 g/mol. The van der Waals surface area contributed by atoms with E-state index in [1.807, 2.05) is 36.2 Å². The Balaban J connectivity index is 1.45. The standard InChI is InChI=1S/C30H29ClFN5O2/c1-3-20-16-25(32)23(17-24(20)31)29-22(8-5-12-33-29)21-10-11-27-34-18-26(37(27)19-21)30(39)35(4-2)14-7-15-36-13-6-9-28(36)38/h3,5,8,10-12,16-19H,1,4,6-7,9,13-15H2,2H3. The summed E-state index contributed by atoms with van der Waals surface area (Å²) in [6.07, 6.45) is 8.73. The zero-order valence-electron chi connectivity index (χ0n) is 21.7. The minimum absolute atomic E-state index is 0.140. The van der Waals surface area contributed by atoms with E-state index < -0.39 is 5.82 Å². The van der Waals surface area contributed by atoms with E-state index in [1.165, 1.54) is 12.1 Å². The van der Waals surface area contributed by atoms with Crippen LogP contribution in [0.3, 0.4) is 0 Å². The number of nitrogens with zero attached hydrogens (tertiary/aromatic N) is 5. The van der Waals surface area contributed by atoms with Crippen molar-refractivity contribution >= 4 is 35.1 Å². The molecule has 7 nitrogen and oxygen atoms in total. The molecule has 0 N–H and O–H groups in total. The largest absolute Gasteiger partial charge is 0.343 e. The van der Waals surface area contributed by atoms with Crippen LogP contribution in [0.2, 0.25) is 5.02 Å². The molecule has 0 saturated carbocycles. The second-order valence-electron chi connectivity index (χ2n) is 9.47. The van der Waals surface area contributed by atoms with Gasteiger partial charge in [-0.3, -0.25) is 19.0 Å². The maximum Gasteiger partial charge on any atom is 0.272 e. The molecule has 0 radical (unpaired) electrons. The summed E-state index contributed by atoms with van der Waals surface area (Å²) in [4.78, 5) is 38.0. The Morgan fingerprint density at radius 3 is 2.82 bits per heavy atom. The number of carbonyl (C=O) groups excluding carboxylic acids is 2. The van der Waals surface area contributed by atoms with Crippen molar-refractivity contribution in [1.29, 1.82) is 0 Å². The number of halogens is 2. The van der Waals surface area contributed by atoms with Crippen LogP contribution in [-0.2, 0) is 4.79 Å². The number of imidazole rings is 1. The van der Waals surface area contributed by atoms with Crippen LogP contribution in [0.4, 0.5) is 4.39 Å². The van der Waals surface area contributed by atoms with E-state index in [2.05, 4.69) is 16.5 Å². The molecule has 0 atom stereocenters. The molecule has 0 spiro atoms. The summed E-state index contributed by atoms with van der Waals surface area (Å²) in [5.41, 5.74) is 3.71. The first-order valence-corrected chi connectivity index (χ1v) is 13.4. The summed E-state index contributed by atoms with van der Waals surface area (Å²) in [6.45, 7) is 8.14. The van der Waals surface area contributed by atoms with Gasteiger partial charge in [-0.25, -0.2) is 9.37 Å². The second-order valence-corrected chi connectivity index (χ2v) is 9.88. The second kappa shape index (κ2) is 11.4. The Kier molecular flexibility index (Phi) is 7.74. The lowest BCUT2D eigenvalue weighted by Crippen LogP contribution is -2.35. The summed E-state index contributed by atoms with van der Waals surface area (Å²) >= 11 is 6.35. The third kappa shape index (κ3) is 5.29. The van der Waals surface area contributed by atoms with Gasteiger partial charge in [0.2, 0.25) is 5.91 Å². The van der Waals surface area contributed by atoms with Crippen molar-refractivity contribution in [2.45, 2.75) is 26.2 Å². The van der Waals surface area contributed by atoms with Crippen LogP contribution in [0, 0.1) is 5.82 Å². The lowest BCUT2D eigenvalue weighted by molar-refractivity contribution is -0.127. The molecule has 39 heavy (non-hydrogen) atoms. The number of pyridine rings is 2. The molecule has 4 heterocycles. The molecule has 0 bridgehead atoms. The molecule has 1 aliphatic heterocycles. The van der Waals surface area contributed by atoms with Crippen molar-refractivity contribution in [3.05, 3.63) is 83.7 Å². The Labute approximate surface area is 231 Å². The van der Waals surface area contributed by atoms with E-state index in [4.69, 9.17) is 11.6 Å². The summed E-state index contributed by atoms with van der Waals surface area (Å²) in [6, 6.07) is 10.2. The van der Waals surface area contributed by atoms with Gasteiger partial charge in [0.05, 0.1) is 11.9 Å². The Morgan fingerprint density at radius 2 is 2.08 bits per heavy atom. The maximum absolute atomic E-state index is 15.1. The molecule has 4 aromatic rings. The lowest BCUT2D eigenvalue weighted by Gasteiger charge is -2.22. The number of rotatable bonds is 9. The number of hydrogen-bond donors (Lipinski definition) is 0. The molecule has 9 heteroatoms. The highest BCUT2D eigenvalue weighted by atomic mass is 35.5. The van der Waals surface area contributed by atoms with Gasteiger partial charge in [-0.05, 0) is 55.7 Å². The zero-order valence-corrected chi connectivity index (χ0v) is 22.5. The molecule has 0 aliphatic carbocycles. The van der Waals surface area contributed by atoms with Crippen molar-refractivity contribution in [2.24, 2.45) is 0 Å². The third-order valence-electron chi connectivity index (χ3n) is 7.10. The average molecular weight is 546 g/mol. The van der Waals surface area contributed by atoms with Gasteiger partial charge in [-0.2, -0.15) is 0 Å². The number of fused-ring (bicyclic) bond motifs is 1. The predicted octanol–water partition coefficient (Wildman–Crippen LogP) is 5.97. The minimum atomic E-state index is -0.456. The van der Waals surface area contributed by atoms with Crippen molar-refractivity contribution < 1.29 is 14.0 Å². The van der Waals surface area contributed by atoms with Gasteiger partial charge in [0.25, 0.3) is 5.91 Å². The number of likely N-dealkylation sites (tertiary alicyclic amines) is 1. The first-order valence-electron chi connectivity index (χ1n) is 13.0. The highest BCUT2D eigenvalue weighted by Gasteiger charge is 2.22. The summed E-state index contributed by atoms with van der Waals surface area (Å²) in [5, 5.41) is 0.379. The van der Waals surface area contributed by atoms with Crippen molar-refractivity contribution in [3.63, 3.8) is 0 Å². The summed E-state index contributed by atoms with van der Waals surface area (Å²) < 4.78 is 16.8. The molecule has 2 amide bonds. The molecule has 3 aromatic heterocycles. The van der Waals surface area contributed by atoms with Crippen molar-refractivity contribution in [2.75, 3.05) is 26.2 Å². The van der Waals surface area contributed by atoms with Gasteiger partial charge in [0.15, 0.2) is 0 Å². The zero-order chi connectivity index (χ0) is 27.5. The van der Waals surface area contributed by atoms with Crippen LogP contribution in [0.15, 0.2) is 61.6 Å². The van der Waals surface area contributed by atoms with E-state index in [-0.39, 0.29) is 17.4 Å². The normalized spacial score (nSPS) is 13.3. The number of amides is 2.